The number of benzene rings is 1. The summed E-state index contributed by atoms with van der Waals surface area (Å²) in [5.74, 6) is 1.10. The first-order valence-corrected chi connectivity index (χ1v) is 8.49. The third kappa shape index (κ3) is 3.87. The van der Waals surface area contributed by atoms with Crippen LogP contribution in [0.3, 0.4) is 0 Å². The summed E-state index contributed by atoms with van der Waals surface area (Å²) in [4.78, 5) is 30.4. The highest BCUT2D eigenvalue weighted by Gasteiger charge is 2.33. The molecule has 1 aromatic carbocycles. The van der Waals surface area contributed by atoms with E-state index in [1.54, 1.807) is 31.2 Å². The molecule has 25 heavy (non-hydrogen) atoms. The van der Waals surface area contributed by atoms with Crippen molar-refractivity contribution in [3.8, 4) is 5.75 Å². The molecule has 2 aromatic rings. The summed E-state index contributed by atoms with van der Waals surface area (Å²) in [5, 5.41) is 6.76. The fourth-order valence-electron chi connectivity index (χ4n) is 3.13. The van der Waals surface area contributed by atoms with Crippen molar-refractivity contribution in [2.24, 2.45) is 0 Å². The van der Waals surface area contributed by atoms with Crippen LogP contribution in [0.15, 0.2) is 30.6 Å². The number of hydrogen-bond acceptors (Lipinski definition) is 5. The number of Topliss-reactive ketones (excluding diaryl/α,β-unsaturated/α-hetero) is 1. The van der Waals surface area contributed by atoms with E-state index in [-0.39, 0.29) is 17.7 Å². The lowest BCUT2D eigenvalue weighted by Gasteiger charge is -2.35. The maximum absolute atomic E-state index is 12.9. The van der Waals surface area contributed by atoms with Gasteiger partial charge >= 0.3 is 0 Å². The average Bonchev–Trinajstić information content (AvgIpc) is 3.15. The zero-order valence-corrected chi connectivity index (χ0v) is 14.4. The van der Waals surface area contributed by atoms with Crippen LogP contribution >= 0.6 is 0 Å². The number of ether oxygens (including phenoxy) is 1. The fourth-order valence-corrected chi connectivity index (χ4v) is 3.13. The van der Waals surface area contributed by atoms with Gasteiger partial charge in [-0.25, -0.2) is 4.98 Å². The third-order valence-electron chi connectivity index (χ3n) is 4.44. The first-order valence-electron chi connectivity index (χ1n) is 8.49. The number of likely N-dealkylation sites (tertiary alicyclic amines) is 1. The van der Waals surface area contributed by atoms with Crippen LogP contribution in [0.4, 0.5) is 0 Å². The number of hydrogen-bond donors (Lipinski definition) is 1. The lowest BCUT2D eigenvalue weighted by atomic mass is 10.0. The number of aromatic nitrogens is 3. The topological polar surface area (TPSA) is 88.2 Å². The van der Waals surface area contributed by atoms with Crippen molar-refractivity contribution in [2.45, 2.75) is 45.3 Å². The van der Waals surface area contributed by atoms with Crippen molar-refractivity contribution in [3.05, 3.63) is 42.0 Å². The number of rotatable bonds is 5. The zero-order chi connectivity index (χ0) is 17.8. The molecule has 1 aliphatic heterocycles. The Morgan fingerprint density at radius 3 is 2.92 bits per heavy atom. The number of amides is 1. The SMILES string of the molecule is CC(=O)c1cccc(OC(C)C(=O)N2CCCCC2c2ncn[nH]2)c1. The molecule has 2 unspecified atom stereocenters. The molecule has 0 radical (unpaired) electrons. The van der Waals surface area contributed by atoms with E-state index in [4.69, 9.17) is 4.74 Å². The van der Waals surface area contributed by atoms with Gasteiger partial charge in [0.05, 0.1) is 6.04 Å². The van der Waals surface area contributed by atoms with Crippen LogP contribution in [-0.2, 0) is 4.79 Å². The second kappa shape index (κ2) is 7.46. The monoisotopic (exact) mass is 342 g/mol. The predicted molar refractivity (Wildman–Crippen MR) is 91.2 cm³/mol. The van der Waals surface area contributed by atoms with E-state index < -0.39 is 6.10 Å². The summed E-state index contributed by atoms with van der Waals surface area (Å²) < 4.78 is 5.80. The molecule has 1 fully saturated rings. The second-order valence-corrected chi connectivity index (χ2v) is 6.26. The van der Waals surface area contributed by atoms with Crippen LogP contribution in [0.25, 0.3) is 0 Å². The molecular formula is C18H22N4O3. The number of carbonyl (C=O) groups is 2. The lowest BCUT2D eigenvalue weighted by Crippen LogP contribution is -2.45. The van der Waals surface area contributed by atoms with E-state index >= 15 is 0 Å². The molecule has 0 aliphatic carbocycles. The van der Waals surface area contributed by atoms with Crippen LogP contribution in [-0.4, -0.2) is 44.4 Å². The van der Waals surface area contributed by atoms with Crippen LogP contribution in [0.2, 0.25) is 0 Å². The first kappa shape index (κ1) is 17.1. The number of H-pyrrole nitrogens is 1. The highest BCUT2D eigenvalue weighted by molar-refractivity contribution is 5.94. The summed E-state index contributed by atoms with van der Waals surface area (Å²) in [6.07, 6.45) is 3.67. The summed E-state index contributed by atoms with van der Waals surface area (Å²) in [6, 6.07) is 6.79. The number of ketones is 1. The Kier molecular flexibility index (Phi) is 5.11. The average molecular weight is 342 g/mol. The Bertz CT molecular complexity index is 745. The highest BCUT2D eigenvalue weighted by Crippen LogP contribution is 2.29. The predicted octanol–water partition coefficient (Wildman–Crippen LogP) is 2.53. The molecule has 2 atom stereocenters. The molecule has 3 rings (SSSR count). The smallest absolute Gasteiger partial charge is 0.263 e. The van der Waals surface area contributed by atoms with Crippen molar-refractivity contribution in [1.29, 1.82) is 0 Å². The van der Waals surface area contributed by atoms with Gasteiger partial charge in [0.1, 0.15) is 17.9 Å². The van der Waals surface area contributed by atoms with Gasteiger partial charge in [-0.1, -0.05) is 12.1 Å². The highest BCUT2D eigenvalue weighted by atomic mass is 16.5. The minimum Gasteiger partial charge on any atom is -0.481 e. The van der Waals surface area contributed by atoms with Crippen molar-refractivity contribution in [3.63, 3.8) is 0 Å². The van der Waals surface area contributed by atoms with E-state index in [9.17, 15) is 9.59 Å². The summed E-state index contributed by atoms with van der Waals surface area (Å²) in [6.45, 7) is 3.91. The Morgan fingerprint density at radius 1 is 1.36 bits per heavy atom. The number of piperidine rings is 1. The molecule has 0 saturated carbocycles. The summed E-state index contributed by atoms with van der Waals surface area (Å²) in [7, 11) is 0. The normalized spacial score (nSPS) is 18.6. The van der Waals surface area contributed by atoms with Gasteiger partial charge in [-0.3, -0.25) is 14.7 Å². The van der Waals surface area contributed by atoms with Crippen LogP contribution < -0.4 is 4.74 Å². The van der Waals surface area contributed by atoms with Gasteiger partial charge in [-0.2, -0.15) is 5.10 Å². The molecule has 0 spiro atoms. The number of carbonyl (C=O) groups excluding carboxylic acids is 2. The standard InChI is InChI=1S/C18H22N4O3/c1-12(23)14-6-5-7-15(10-14)25-13(2)18(24)22-9-4-3-8-16(22)17-19-11-20-21-17/h5-7,10-11,13,16H,3-4,8-9H2,1-2H3,(H,19,20,21). The fraction of sp³-hybridized carbons (Fsp3) is 0.444. The Morgan fingerprint density at radius 2 is 2.20 bits per heavy atom. The Labute approximate surface area is 146 Å². The van der Waals surface area contributed by atoms with Crippen molar-refractivity contribution < 1.29 is 14.3 Å². The number of aromatic amines is 1. The molecule has 132 valence electrons. The number of nitrogens with zero attached hydrogens (tertiary/aromatic N) is 3. The number of nitrogens with one attached hydrogen (secondary N) is 1. The molecule has 2 heterocycles. The molecule has 1 aliphatic rings. The van der Waals surface area contributed by atoms with Gasteiger partial charge in [-0.15, -0.1) is 0 Å². The molecule has 1 amide bonds. The maximum Gasteiger partial charge on any atom is 0.263 e. The van der Waals surface area contributed by atoms with Gasteiger partial charge in [0.25, 0.3) is 5.91 Å². The first-order chi connectivity index (χ1) is 12.1. The largest absolute Gasteiger partial charge is 0.481 e. The Hall–Kier alpha value is -2.70. The van der Waals surface area contributed by atoms with Crippen molar-refractivity contribution in [2.75, 3.05) is 6.54 Å². The zero-order valence-electron chi connectivity index (χ0n) is 14.4. The van der Waals surface area contributed by atoms with Gasteiger partial charge in [0.15, 0.2) is 11.9 Å². The van der Waals surface area contributed by atoms with E-state index in [0.29, 0.717) is 23.7 Å². The maximum atomic E-state index is 12.9. The molecular weight excluding hydrogens is 320 g/mol. The quantitative estimate of drug-likeness (QED) is 0.844. The van der Waals surface area contributed by atoms with Gasteiger partial charge in [-0.05, 0) is 45.2 Å². The molecule has 7 nitrogen and oxygen atoms in total. The Balaban J connectivity index is 1.72. The van der Waals surface area contributed by atoms with Gasteiger partial charge in [0, 0.05) is 12.1 Å². The lowest BCUT2D eigenvalue weighted by molar-refractivity contribution is -0.142. The minimum atomic E-state index is -0.647. The van der Waals surface area contributed by atoms with Crippen molar-refractivity contribution >= 4 is 11.7 Å². The molecule has 1 aromatic heterocycles. The summed E-state index contributed by atoms with van der Waals surface area (Å²) >= 11 is 0. The van der Waals surface area contributed by atoms with E-state index in [0.717, 1.165) is 19.3 Å². The molecule has 0 bridgehead atoms. The van der Waals surface area contributed by atoms with E-state index in [2.05, 4.69) is 15.2 Å². The van der Waals surface area contributed by atoms with Crippen molar-refractivity contribution in [1.82, 2.24) is 20.1 Å². The van der Waals surface area contributed by atoms with Crippen LogP contribution in [0.5, 0.6) is 5.75 Å². The van der Waals surface area contributed by atoms with E-state index in [1.165, 1.54) is 13.3 Å². The second-order valence-electron chi connectivity index (χ2n) is 6.26. The van der Waals surface area contributed by atoms with E-state index in [1.807, 2.05) is 4.90 Å². The van der Waals surface area contributed by atoms with Crippen LogP contribution in [0.1, 0.15) is 55.3 Å². The summed E-state index contributed by atoms with van der Waals surface area (Å²) in [5.41, 5.74) is 0.564. The van der Waals surface area contributed by atoms with Gasteiger partial charge in [0.2, 0.25) is 0 Å². The molecule has 7 heteroatoms. The third-order valence-corrected chi connectivity index (χ3v) is 4.44. The molecule has 1 saturated heterocycles. The molecule has 1 N–H and O–H groups in total. The minimum absolute atomic E-state index is 0.0363. The van der Waals surface area contributed by atoms with Gasteiger partial charge < -0.3 is 9.64 Å². The van der Waals surface area contributed by atoms with Crippen LogP contribution in [0, 0.1) is 0 Å².